The number of aromatic nitrogens is 3. The Bertz CT molecular complexity index is 1110. The van der Waals surface area contributed by atoms with Crippen molar-refractivity contribution in [2.24, 2.45) is 0 Å². The van der Waals surface area contributed by atoms with Gasteiger partial charge in [-0.1, -0.05) is 35.0 Å². The zero-order valence-electron chi connectivity index (χ0n) is 15.4. The van der Waals surface area contributed by atoms with E-state index in [0.717, 1.165) is 0 Å². The molecule has 3 aromatic rings. The molecule has 152 valence electrons. The molecule has 2 heterocycles. The fourth-order valence-corrected chi connectivity index (χ4v) is 3.66. The fourth-order valence-electron chi connectivity index (χ4n) is 2.31. The van der Waals surface area contributed by atoms with Gasteiger partial charge in [0.05, 0.1) is 29.5 Å². The average Bonchev–Trinajstić information content (AvgIpc) is 2.67. The molecule has 0 bridgehead atoms. The first-order valence-electron chi connectivity index (χ1n) is 8.32. The zero-order chi connectivity index (χ0) is 21.0. The van der Waals surface area contributed by atoms with Crippen molar-refractivity contribution in [3.63, 3.8) is 0 Å². The molecule has 0 aliphatic carbocycles. The van der Waals surface area contributed by atoms with Gasteiger partial charge >= 0.3 is 10.1 Å². The third-order valence-corrected chi connectivity index (χ3v) is 5.78. The van der Waals surface area contributed by atoms with Crippen LogP contribution in [0.25, 0.3) is 11.3 Å². The van der Waals surface area contributed by atoms with Crippen LogP contribution < -0.4 is 9.50 Å². The van der Waals surface area contributed by atoms with Gasteiger partial charge in [-0.05, 0) is 31.4 Å². The van der Waals surface area contributed by atoms with Gasteiger partial charge in [0.1, 0.15) is 11.6 Å². The molecular weight excluding hydrogens is 455 g/mol. The van der Waals surface area contributed by atoms with Gasteiger partial charge in [0.2, 0.25) is 0 Å². The zero-order valence-corrected chi connectivity index (χ0v) is 18.5. The minimum atomic E-state index is -3.72. The highest BCUT2D eigenvalue weighted by atomic mass is 35.5. The van der Waals surface area contributed by atoms with Gasteiger partial charge in [-0.3, -0.25) is 0 Å². The Morgan fingerprint density at radius 2 is 1.72 bits per heavy atom. The third-order valence-electron chi connectivity index (χ3n) is 3.62. The molecule has 0 saturated carbocycles. The second kappa shape index (κ2) is 9.17. The Labute approximate surface area is 183 Å². The smallest absolute Gasteiger partial charge is 0.308 e. The second-order valence-electron chi connectivity index (χ2n) is 5.74. The molecule has 0 fully saturated rings. The van der Waals surface area contributed by atoms with Crippen LogP contribution in [-0.4, -0.2) is 35.4 Å². The highest BCUT2D eigenvalue weighted by Crippen LogP contribution is 2.31. The van der Waals surface area contributed by atoms with Gasteiger partial charge in [-0.15, -0.1) is 0 Å². The summed E-state index contributed by atoms with van der Waals surface area (Å²) in [5.41, 5.74) is 1.63. The van der Waals surface area contributed by atoms with Crippen LogP contribution in [0.2, 0.25) is 10.0 Å². The molecule has 0 spiro atoms. The van der Waals surface area contributed by atoms with Crippen LogP contribution in [0.3, 0.4) is 0 Å². The number of halogens is 2. The van der Waals surface area contributed by atoms with Crippen LogP contribution in [0.15, 0.2) is 47.9 Å². The first kappa shape index (κ1) is 21.6. The summed E-state index contributed by atoms with van der Waals surface area (Å²) in [6, 6.07) is 7.93. The van der Waals surface area contributed by atoms with E-state index in [1.807, 2.05) is 6.26 Å². The Hall–Kier alpha value is -2.07. The SMILES string of the molecule is CCS(=O)(=O)Oc1cc(Nc2cnc(SC)nc2)nc(-c2cc(Cl)cc(Cl)c2)c1. The van der Waals surface area contributed by atoms with Crippen molar-refractivity contribution in [1.82, 2.24) is 15.0 Å². The van der Waals surface area contributed by atoms with Gasteiger partial charge in [0.15, 0.2) is 5.16 Å². The minimum absolute atomic E-state index is 0.108. The number of hydrogen-bond acceptors (Lipinski definition) is 8. The number of nitrogens with zero attached hydrogens (tertiary/aromatic N) is 3. The predicted octanol–water partition coefficient (Wildman–Crippen LogP) is 5.04. The maximum Gasteiger partial charge on any atom is 0.308 e. The minimum Gasteiger partial charge on any atom is -0.382 e. The first-order valence-corrected chi connectivity index (χ1v) is 11.9. The van der Waals surface area contributed by atoms with Crippen LogP contribution in [-0.2, 0) is 10.1 Å². The second-order valence-corrected chi connectivity index (χ2v) is 9.25. The molecule has 0 unspecified atom stereocenters. The molecule has 0 aliphatic rings. The van der Waals surface area contributed by atoms with Gasteiger partial charge in [0.25, 0.3) is 0 Å². The molecule has 0 saturated heterocycles. The van der Waals surface area contributed by atoms with E-state index in [1.54, 1.807) is 30.6 Å². The summed E-state index contributed by atoms with van der Waals surface area (Å²) in [6.07, 6.45) is 5.08. The number of pyridine rings is 1. The molecule has 1 N–H and O–H groups in total. The summed E-state index contributed by atoms with van der Waals surface area (Å²) >= 11 is 13.6. The molecule has 0 atom stereocenters. The van der Waals surface area contributed by atoms with Gasteiger partial charge in [-0.2, -0.15) is 8.42 Å². The van der Waals surface area contributed by atoms with Crippen molar-refractivity contribution < 1.29 is 12.6 Å². The van der Waals surface area contributed by atoms with Crippen molar-refractivity contribution in [3.05, 3.63) is 52.8 Å². The van der Waals surface area contributed by atoms with E-state index in [0.29, 0.717) is 38.0 Å². The fraction of sp³-hybridized carbons (Fsp3) is 0.167. The lowest BCUT2D eigenvalue weighted by atomic mass is 10.1. The Kier molecular flexibility index (Phi) is 6.84. The van der Waals surface area contributed by atoms with E-state index in [9.17, 15) is 8.42 Å². The summed E-state index contributed by atoms with van der Waals surface area (Å²) in [6.45, 7) is 1.50. The van der Waals surface area contributed by atoms with E-state index in [-0.39, 0.29) is 11.5 Å². The molecule has 3 rings (SSSR count). The maximum atomic E-state index is 11.9. The van der Waals surface area contributed by atoms with Crippen molar-refractivity contribution >= 4 is 56.6 Å². The predicted molar refractivity (Wildman–Crippen MR) is 117 cm³/mol. The summed E-state index contributed by atoms with van der Waals surface area (Å²) in [5.74, 6) is 0.290. The van der Waals surface area contributed by atoms with Crippen LogP contribution in [0.4, 0.5) is 11.5 Å². The van der Waals surface area contributed by atoms with E-state index in [1.165, 1.54) is 30.8 Å². The standard InChI is InChI=1S/C18H16Cl2N4O3S2/c1-3-29(25,26)27-15-7-16(11-4-12(19)6-13(20)5-11)24-17(8-15)23-14-9-21-18(28-2)22-10-14/h4-10H,3H2,1-2H3,(H,23,24). The molecule has 0 amide bonds. The van der Waals surface area contributed by atoms with Crippen molar-refractivity contribution in [3.8, 4) is 17.0 Å². The normalized spacial score (nSPS) is 11.3. The van der Waals surface area contributed by atoms with Gasteiger partial charge < -0.3 is 9.50 Å². The lowest BCUT2D eigenvalue weighted by Gasteiger charge is -2.12. The van der Waals surface area contributed by atoms with Crippen LogP contribution in [0, 0.1) is 0 Å². The molecule has 0 aliphatic heterocycles. The molecule has 1 aromatic carbocycles. The topological polar surface area (TPSA) is 94.1 Å². The molecule has 0 radical (unpaired) electrons. The average molecular weight is 471 g/mol. The highest BCUT2D eigenvalue weighted by molar-refractivity contribution is 7.98. The first-order chi connectivity index (χ1) is 13.8. The maximum absolute atomic E-state index is 11.9. The van der Waals surface area contributed by atoms with E-state index in [2.05, 4.69) is 20.3 Å². The summed E-state index contributed by atoms with van der Waals surface area (Å²) in [7, 11) is -3.72. The van der Waals surface area contributed by atoms with Crippen LogP contribution >= 0.6 is 35.0 Å². The Morgan fingerprint density at radius 3 is 2.31 bits per heavy atom. The summed E-state index contributed by atoms with van der Waals surface area (Å²) in [4.78, 5) is 12.9. The van der Waals surface area contributed by atoms with Crippen LogP contribution in [0.5, 0.6) is 5.75 Å². The van der Waals surface area contributed by atoms with E-state index in [4.69, 9.17) is 27.4 Å². The van der Waals surface area contributed by atoms with E-state index >= 15 is 0 Å². The Balaban J connectivity index is 2.03. The molecule has 2 aromatic heterocycles. The molecule has 11 heteroatoms. The third kappa shape index (κ3) is 5.96. The number of anilines is 2. The number of benzene rings is 1. The summed E-state index contributed by atoms with van der Waals surface area (Å²) < 4.78 is 29.1. The number of nitrogens with one attached hydrogen (secondary N) is 1. The number of hydrogen-bond donors (Lipinski definition) is 1. The molecule has 7 nitrogen and oxygen atoms in total. The van der Waals surface area contributed by atoms with Crippen molar-refractivity contribution in [1.29, 1.82) is 0 Å². The largest absolute Gasteiger partial charge is 0.382 e. The highest BCUT2D eigenvalue weighted by Gasteiger charge is 2.14. The molecular formula is C18H16Cl2N4O3S2. The van der Waals surface area contributed by atoms with Gasteiger partial charge in [0, 0.05) is 27.7 Å². The van der Waals surface area contributed by atoms with Crippen LogP contribution in [0.1, 0.15) is 6.92 Å². The Morgan fingerprint density at radius 1 is 1.07 bits per heavy atom. The van der Waals surface area contributed by atoms with Crippen molar-refractivity contribution in [2.75, 3.05) is 17.3 Å². The molecule has 29 heavy (non-hydrogen) atoms. The quantitative estimate of drug-likeness (QED) is 0.291. The van der Waals surface area contributed by atoms with Gasteiger partial charge in [-0.25, -0.2) is 15.0 Å². The number of rotatable bonds is 7. The lowest BCUT2D eigenvalue weighted by molar-refractivity contribution is 0.487. The monoisotopic (exact) mass is 470 g/mol. The summed E-state index contributed by atoms with van der Waals surface area (Å²) in [5, 5.41) is 4.54. The van der Waals surface area contributed by atoms with Crippen molar-refractivity contribution in [2.45, 2.75) is 12.1 Å². The van der Waals surface area contributed by atoms with E-state index < -0.39 is 10.1 Å². The lowest BCUT2D eigenvalue weighted by Crippen LogP contribution is -2.12. The number of thioether (sulfide) groups is 1.